The first-order valence-electron chi connectivity index (χ1n) is 8.67. The molecule has 0 radical (unpaired) electrons. The number of H-pyrrole nitrogens is 1. The average Bonchev–Trinajstić information content (AvgIpc) is 3.16. The SMILES string of the molecule is CCCC1(CO)CCCN(C(=O)c2ccc(-c3ccn[nH]3)cc2)C1. The maximum atomic E-state index is 12.8. The third-order valence-electron chi connectivity index (χ3n) is 5.01. The van der Waals surface area contributed by atoms with Crippen LogP contribution in [0.4, 0.5) is 0 Å². The van der Waals surface area contributed by atoms with Crippen LogP contribution in [-0.2, 0) is 0 Å². The molecule has 0 saturated carbocycles. The van der Waals surface area contributed by atoms with Crippen molar-refractivity contribution in [2.24, 2.45) is 5.41 Å². The number of nitrogens with zero attached hydrogens (tertiary/aromatic N) is 2. The van der Waals surface area contributed by atoms with Gasteiger partial charge in [0.15, 0.2) is 0 Å². The predicted molar refractivity (Wildman–Crippen MR) is 93.6 cm³/mol. The first-order valence-corrected chi connectivity index (χ1v) is 8.67. The Labute approximate surface area is 142 Å². The van der Waals surface area contributed by atoms with E-state index in [0.717, 1.165) is 43.5 Å². The minimum atomic E-state index is -0.126. The number of piperidine rings is 1. The number of amides is 1. The Bertz CT molecular complexity index is 662. The van der Waals surface area contributed by atoms with Gasteiger partial charge in [-0.15, -0.1) is 0 Å². The molecule has 1 saturated heterocycles. The number of carbonyl (C=O) groups excluding carboxylic acids is 1. The van der Waals surface area contributed by atoms with Crippen molar-refractivity contribution in [1.82, 2.24) is 15.1 Å². The Morgan fingerprint density at radius 3 is 2.75 bits per heavy atom. The fourth-order valence-corrected chi connectivity index (χ4v) is 3.72. The molecule has 1 aromatic heterocycles. The van der Waals surface area contributed by atoms with Gasteiger partial charge in [0.2, 0.25) is 0 Å². The van der Waals surface area contributed by atoms with Crippen molar-refractivity contribution < 1.29 is 9.90 Å². The summed E-state index contributed by atoms with van der Waals surface area (Å²) in [7, 11) is 0. The molecule has 0 bridgehead atoms. The second-order valence-electron chi connectivity index (χ2n) is 6.79. The highest BCUT2D eigenvalue weighted by molar-refractivity contribution is 5.94. The standard InChI is InChI=1S/C19H25N3O2/c1-2-9-19(14-23)10-3-12-22(13-19)18(24)16-6-4-15(5-7-16)17-8-11-20-21-17/h4-8,11,23H,2-3,9-10,12-14H2,1H3,(H,20,21). The Hall–Kier alpha value is -2.14. The summed E-state index contributed by atoms with van der Waals surface area (Å²) in [4.78, 5) is 14.7. The lowest BCUT2D eigenvalue weighted by Crippen LogP contribution is -2.47. The molecule has 5 nitrogen and oxygen atoms in total. The van der Waals surface area contributed by atoms with Crippen LogP contribution in [0.15, 0.2) is 36.5 Å². The lowest BCUT2D eigenvalue weighted by Gasteiger charge is -2.42. The molecule has 5 heteroatoms. The third-order valence-corrected chi connectivity index (χ3v) is 5.01. The quantitative estimate of drug-likeness (QED) is 0.886. The third kappa shape index (κ3) is 3.36. The highest BCUT2D eigenvalue weighted by Gasteiger charge is 2.36. The first kappa shape index (κ1) is 16.7. The molecule has 1 amide bonds. The van der Waals surface area contributed by atoms with Crippen molar-refractivity contribution >= 4 is 5.91 Å². The number of aliphatic hydroxyl groups excluding tert-OH is 1. The number of carbonyl (C=O) groups is 1. The number of rotatable bonds is 5. The topological polar surface area (TPSA) is 69.2 Å². The number of nitrogens with one attached hydrogen (secondary N) is 1. The van der Waals surface area contributed by atoms with Gasteiger partial charge < -0.3 is 10.0 Å². The molecule has 0 spiro atoms. The van der Waals surface area contributed by atoms with Crippen LogP contribution in [0.1, 0.15) is 43.0 Å². The molecule has 1 aliphatic heterocycles. The number of aliphatic hydroxyl groups is 1. The van der Waals surface area contributed by atoms with Crippen molar-refractivity contribution in [2.45, 2.75) is 32.6 Å². The molecule has 1 unspecified atom stereocenters. The summed E-state index contributed by atoms with van der Waals surface area (Å²) in [5.74, 6) is 0.0554. The molecule has 2 aromatic rings. The van der Waals surface area contributed by atoms with Crippen LogP contribution in [0.2, 0.25) is 0 Å². The molecular weight excluding hydrogens is 302 g/mol. The first-order chi connectivity index (χ1) is 11.7. The summed E-state index contributed by atoms with van der Waals surface area (Å²) < 4.78 is 0. The fourth-order valence-electron chi connectivity index (χ4n) is 3.72. The summed E-state index contributed by atoms with van der Waals surface area (Å²) in [6.45, 7) is 3.71. The van der Waals surface area contributed by atoms with Gasteiger partial charge in [0.05, 0.1) is 12.3 Å². The number of benzene rings is 1. The van der Waals surface area contributed by atoms with Crippen molar-refractivity contribution in [3.05, 3.63) is 42.1 Å². The molecule has 2 heterocycles. The maximum absolute atomic E-state index is 12.8. The van der Waals surface area contributed by atoms with Crippen LogP contribution < -0.4 is 0 Å². The summed E-state index contributed by atoms with van der Waals surface area (Å²) in [5.41, 5.74) is 2.52. The van der Waals surface area contributed by atoms with E-state index in [0.29, 0.717) is 12.1 Å². The van der Waals surface area contributed by atoms with E-state index < -0.39 is 0 Å². The highest BCUT2D eigenvalue weighted by Crippen LogP contribution is 2.34. The van der Waals surface area contributed by atoms with Gasteiger partial charge in [0.1, 0.15) is 0 Å². The van der Waals surface area contributed by atoms with E-state index in [2.05, 4.69) is 17.1 Å². The van der Waals surface area contributed by atoms with E-state index in [1.54, 1.807) is 6.20 Å². The number of aromatic amines is 1. The molecule has 1 aromatic carbocycles. The van der Waals surface area contributed by atoms with Gasteiger partial charge in [-0.05, 0) is 43.0 Å². The minimum absolute atomic E-state index is 0.0554. The van der Waals surface area contributed by atoms with Crippen LogP contribution in [-0.4, -0.2) is 45.8 Å². The Balaban J connectivity index is 1.74. The molecule has 2 N–H and O–H groups in total. The Morgan fingerprint density at radius 2 is 2.12 bits per heavy atom. The second-order valence-corrected chi connectivity index (χ2v) is 6.79. The maximum Gasteiger partial charge on any atom is 0.253 e. The van der Waals surface area contributed by atoms with Crippen molar-refractivity contribution in [2.75, 3.05) is 19.7 Å². The molecule has 3 rings (SSSR count). The zero-order valence-corrected chi connectivity index (χ0v) is 14.2. The van der Waals surface area contributed by atoms with E-state index in [-0.39, 0.29) is 17.9 Å². The zero-order chi connectivity index (χ0) is 17.0. The Kier molecular flexibility index (Phi) is 5.00. The number of hydrogen-bond donors (Lipinski definition) is 2. The highest BCUT2D eigenvalue weighted by atomic mass is 16.3. The van der Waals surface area contributed by atoms with Crippen LogP contribution in [0.3, 0.4) is 0 Å². The van der Waals surface area contributed by atoms with Gasteiger partial charge in [-0.3, -0.25) is 9.89 Å². The van der Waals surface area contributed by atoms with E-state index in [4.69, 9.17) is 0 Å². The van der Waals surface area contributed by atoms with Gasteiger partial charge >= 0.3 is 0 Å². The average molecular weight is 327 g/mol. The smallest absolute Gasteiger partial charge is 0.253 e. The van der Waals surface area contributed by atoms with Gasteiger partial charge in [0.25, 0.3) is 5.91 Å². The van der Waals surface area contributed by atoms with Crippen LogP contribution in [0.5, 0.6) is 0 Å². The van der Waals surface area contributed by atoms with Crippen molar-refractivity contribution in [3.8, 4) is 11.3 Å². The van der Waals surface area contributed by atoms with E-state index in [1.807, 2.05) is 35.2 Å². The van der Waals surface area contributed by atoms with Crippen LogP contribution in [0, 0.1) is 5.41 Å². The Morgan fingerprint density at radius 1 is 1.33 bits per heavy atom. The summed E-state index contributed by atoms with van der Waals surface area (Å²) >= 11 is 0. The summed E-state index contributed by atoms with van der Waals surface area (Å²) in [6.07, 6.45) is 5.66. The van der Waals surface area contributed by atoms with Gasteiger partial charge in [-0.25, -0.2) is 0 Å². The summed E-state index contributed by atoms with van der Waals surface area (Å²) in [5, 5.41) is 16.7. The minimum Gasteiger partial charge on any atom is -0.396 e. The summed E-state index contributed by atoms with van der Waals surface area (Å²) in [6, 6.07) is 9.52. The van der Waals surface area contributed by atoms with E-state index in [1.165, 1.54) is 0 Å². The fraction of sp³-hybridized carbons (Fsp3) is 0.474. The normalized spacial score (nSPS) is 21.0. The zero-order valence-electron chi connectivity index (χ0n) is 14.2. The number of hydrogen-bond acceptors (Lipinski definition) is 3. The lowest BCUT2D eigenvalue weighted by atomic mass is 9.77. The lowest BCUT2D eigenvalue weighted by molar-refractivity contribution is 0.0222. The molecule has 1 fully saturated rings. The molecular formula is C19H25N3O2. The van der Waals surface area contributed by atoms with Gasteiger partial charge in [0, 0.05) is 30.3 Å². The molecule has 24 heavy (non-hydrogen) atoms. The second kappa shape index (κ2) is 7.18. The van der Waals surface area contributed by atoms with Crippen LogP contribution in [0.25, 0.3) is 11.3 Å². The number of likely N-dealkylation sites (tertiary alicyclic amines) is 1. The van der Waals surface area contributed by atoms with Crippen molar-refractivity contribution in [3.63, 3.8) is 0 Å². The van der Waals surface area contributed by atoms with Crippen molar-refractivity contribution in [1.29, 1.82) is 0 Å². The van der Waals surface area contributed by atoms with E-state index in [9.17, 15) is 9.90 Å². The molecule has 1 atom stereocenters. The molecule has 0 aliphatic carbocycles. The van der Waals surface area contributed by atoms with Gasteiger partial charge in [-0.1, -0.05) is 25.5 Å². The van der Waals surface area contributed by atoms with Crippen LogP contribution >= 0.6 is 0 Å². The largest absolute Gasteiger partial charge is 0.396 e. The van der Waals surface area contributed by atoms with Gasteiger partial charge in [-0.2, -0.15) is 5.10 Å². The van der Waals surface area contributed by atoms with E-state index >= 15 is 0 Å². The molecule has 1 aliphatic rings. The molecule has 128 valence electrons. The predicted octanol–water partition coefficient (Wildman–Crippen LogP) is 3.09. The number of aromatic nitrogens is 2. The monoisotopic (exact) mass is 327 g/mol.